The standard InChI is InChI=1S/C10H15F3N2OS/c1-16-4-2-3-9-15-8(6-17-9)5-14-7-10(11,12)13/h6,14H,2-5,7H2,1H3. The van der Waals surface area contributed by atoms with E-state index in [2.05, 4.69) is 10.3 Å². The van der Waals surface area contributed by atoms with Crippen LogP contribution in [0.4, 0.5) is 13.2 Å². The number of nitrogens with zero attached hydrogens (tertiary/aromatic N) is 1. The Balaban J connectivity index is 2.26. The average molecular weight is 268 g/mol. The summed E-state index contributed by atoms with van der Waals surface area (Å²) in [5.41, 5.74) is 0.659. The molecule has 0 atom stereocenters. The van der Waals surface area contributed by atoms with E-state index in [1.807, 2.05) is 0 Å². The second kappa shape index (κ2) is 6.93. The lowest BCUT2D eigenvalue weighted by Gasteiger charge is -2.06. The van der Waals surface area contributed by atoms with Gasteiger partial charge in [-0.15, -0.1) is 11.3 Å². The van der Waals surface area contributed by atoms with Crippen molar-refractivity contribution in [3.05, 3.63) is 16.1 Å². The zero-order valence-electron chi connectivity index (χ0n) is 9.51. The fourth-order valence-electron chi connectivity index (χ4n) is 1.24. The molecule has 17 heavy (non-hydrogen) atoms. The van der Waals surface area contributed by atoms with Gasteiger partial charge in [-0.1, -0.05) is 0 Å². The second-order valence-corrected chi connectivity index (χ2v) is 4.49. The Morgan fingerprint density at radius 2 is 2.24 bits per heavy atom. The minimum Gasteiger partial charge on any atom is -0.385 e. The van der Waals surface area contributed by atoms with E-state index >= 15 is 0 Å². The van der Waals surface area contributed by atoms with Crippen molar-refractivity contribution in [2.45, 2.75) is 25.6 Å². The molecule has 1 rings (SSSR count). The first-order chi connectivity index (χ1) is 8.01. The Kier molecular flexibility index (Phi) is 5.87. The van der Waals surface area contributed by atoms with Crippen molar-refractivity contribution >= 4 is 11.3 Å². The van der Waals surface area contributed by atoms with Gasteiger partial charge in [-0.25, -0.2) is 4.98 Å². The zero-order valence-corrected chi connectivity index (χ0v) is 10.3. The Morgan fingerprint density at radius 1 is 1.47 bits per heavy atom. The van der Waals surface area contributed by atoms with Crippen LogP contribution in [0.1, 0.15) is 17.1 Å². The zero-order chi connectivity index (χ0) is 12.7. The molecule has 1 aromatic heterocycles. The van der Waals surface area contributed by atoms with Crippen LogP contribution >= 0.6 is 11.3 Å². The fourth-order valence-corrected chi connectivity index (χ4v) is 2.09. The molecule has 98 valence electrons. The molecule has 0 fully saturated rings. The maximum absolute atomic E-state index is 11.9. The lowest BCUT2D eigenvalue weighted by Crippen LogP contribution is -2.28. The largest absolute Gasteiger partial charge is 0.401 e. The quantitative estimate of drug-likeness (QED) is 0.771. The predicted molar refractivity (Wildman–Crippen MR) is 60.1 cm³/mol. The van der Waals surface area contributed by atoms with E-state index in [1.54, 1.807) is 12.5 Å². The molecule has 0 aliphatic rings. The Labute approximate surface area is 102 Å². The number of aromatic nitrogens is 1. The second-order valence-electron chi connectivity index (χ2n) is 3.55. The third kappa shape index (κ3) is 6.60. The molecule has 0 amide bonds. The summed E-state index contributed by atoms with van der Waals surface area (Å²) in [6, 6.07) is 0. The maximum Gasteiger partial charge on any atom is 0.401 e. The molecule has 0 aliphatic carbocycles. The smallest absolute Gasteiger partial charge is 0.385 e. The summed E-state index contributed by atoms with van der Waals surface area (Å²) in [6.07, 6.45) is -2.49. The normalized spacial score (nSPS) is 12.0. The summed E-state index contributed by atoms with van der Waals surface area (Å²) in [4.78, 5) is 4.23. The fraction of sp³-hybridized carbons (Fsp3) is 0.700. The molecular weight excluding hydrogens is 253 g/mol. The van der Waals surface area contributed by atoms with Gasteiger partial charge >= 0.3 is 6.18 Å². The number of hydrogen-bond donors (Lipinski definition) is 1. The van der Waals surface area contributed by atoms with E-state index in [0.29, 0.717) is 12.3 Å². The first-order valence-electron chi connectivity index (χ1n) is 5.21. The van der Waals surface area contributed by atoms with Crippen LogP contribution in [0.5, 0.6) is 0 Å². The van der Waals surface area contributed by atoms with Gasteiger partial charge in [-0.3, -0.25) is 0 Å². The van der Waals surface area contributed by atoms with Crippen molar-refractivity contribution in [1.82, 2.24) is 10.3 Å². The molecule has 0 saturated heterocycles. The Morgan fingerprint density at radius 3 is 2.88 bits per heavy atom. The van der Waals surface area contributed by atoms with Crippen molar-refractivity contribution < 1.29 is 17.9 Å². The maximum atomic E-state index is 11.9. The van der Waals surface area contributed by atoms with Crippen LogP contribution in [0.3, 0.4) is 0 Å². The van der Waals surface area contributed by atoms with E-state index in [-0.39, 0.29) is 6.54 Å². The van der Waals surface area contributed by atoms with Crippen LogP contribution in [-0.2, 0) is 17.7 Å². The number of methoxy groups -OCH3 is 1. The van der Waals surface area contributed by atoms with Crippen molar-refractivity contribution in [3.63, 3.8) is 0 Å². The summed E-state index contributed by atoms with van der Waals surface area (Å²) in [6.45, 7) is -0.162. The van der Waals surface area contributed by atoms with E-state index in [1.165, 1.54) is 11.3 Å². The van der Waals surface area contributed by atoms with Gasteiger partial charge in [0, 0.05) is 32.1 Å². The van der Waals surface area contributed by atoms with E-state index in [0.717, 1.165) is 17.8 Å². The van der Waals surface area contributed by atoms with Crippen LogP contribution < -0.4 is 5.32 Å². The van der Waals surface area contributed by atoms with Crippen LogP contribution in [0.25, 0.3) is 0 Å². The van der Waals surface area contributed by atoms with Gasteiger partial charge in [0.1, 0.15) is 0 Å². The van der Waals surface area contributed by atoms with Gasteiger partial charge in [0.05, 0.1) is 17.2 Å². The Bertz CT molecular complexity index is 328. The lowest BCUT2D eigenvalue weighted by atomic mass is 10.3. The number of halogens is 3. The SMILES string of the molecule is COCCCc1nc(CNCC(F)(F)F)cs1. The van der Waals surface area contributed by atoms with E-state index in [9.17, 15) is 13.2 Å². The topological polar surface area (TPSA) is 34.1 Å². The highest BCUT2D eigenvalue weighted by Gasteiger charge is 2.26. The number of rotatable bonds is 7. The molecular formula is C10H15F3N2OS. The predicted octanol–water partition coefficient (Wildman–Crippen LogP) is 2.37. The number of nitrogens with one attached hydrogen (secondary N) is 1. The van der Waals surface area contributed by atoms with E-state index < -0.39 is 12.7 Å². The van der Waals surface area contributed by atoms with Crippen molar-refractivity contribution in [2.24, 2.45) is 0 Å². The molecule has 0 spiro atoms. The molecule has 0 unspecified atom stereocenters. The minimum absolute atomic E-state index is 0.153. The molecule has 0 saturated carbocycles. The van der Waals surface area contributed by atoms with Crippen LogP contribution in [0.15, 0.2) is 5.38 Å². The third-order valence-corrected chi connectivity index (χ3v) is 2.93. The minimum atomic E-state index is -4.17. The highest BCUT2D eigenvalue weighted by atomic mass is 32.1. The van der Waals surface area contributed by atoms with Crippen LogP contribution in [0.2, 0.25) is 0 Å². The van der Waals surface area contributed by atoms with Crippen molar-refractivity contribution in [3.8, 4) is 0 Å². The van der Waals surface area contributed by atoms with Crippen molar-refractivity contribution in [1.29, 1.82) is 0 Å². The molecule has 0 radical (unpaired) electrons. The molecule has 0 aliphatic heterocycles. The van der Waals surface area contributed by atoms with Gasteiger partial charge in [0.25, 0.3) is 0 Å². The highest BCUT2D eigenvalue weighted by Crippen LogP contribution is 2.14. The molecule has 1 N–H and O–H groups in total. The monoisotopic (exact) mass is 268 g/mol. The molecule has 1 aromatic rings. The molecule has 0 aromatic carbocycles. The van der Waals surface area contributed by atoms with E-state index in [4.69, 9.17) is 4.74 Å². The summed E-state index contributed by atoms with van der Waals surface area (Å²) >= 11 is 1.47. The number of hydrogen-bond acceptors (Lipinski definition) is 4. The highest BCUT2D eigenvalue weighted by molar-refractivity contribution is 7.09. The number of thiazole rings is 1. The summed E-state index contributed by atoms with van der Waals surface area (Å²) < 4.78 is 40.5. The number of aryl methyl sites for hydroxylation is 1. The average Bonchev–Trinajstić information content (AvgIpc) is 2.64. The number of alkyl halides is 3. The summed E-state index contributed by atoms with van der Waals surface area (Å²) in [5.74, 6) is 0. The lowest BCUT2D eigenvalue weighted by molar-refractivity contribution is -0.125. The van der Waals surface area contributed by atoms with Crippen LogP contribution in [0, 0.1) is 0 Å². The van der Waals surface area contributed by atoms with Gasteiger partial charge in [0.15, 0.2) is 0 Å². The van der Waals surface area contributed by atoms with Gasteiger partial charge in [-0.2, -0.15) is 13.2 Å². The molecule has 7 heteroatoms. The summed E-state index contributed by atoms with van der Waals surface area (Å²) in [7, 11) is 1.63. The van der Waals surface area contributed by atoms with Gasteiger partial charge in [0.2, 0.25) is 0 Å². The molecule has 1 heterocycles. The first-order valence-corrected chi connectivity index (χ1v) is 6.09. The number of ether oxygens (including phenoxy) is 1. The van der Waals surface area contributed by atoms with Crippen LogP contribution in [-0.4, -0.2) is 31.4 Å². The Hall–Kier alpha value is -0.660. The van der Waals surface area contributed by atoms with Crippen molar-refractivity contribution in [2.75, 3.05) is 20.3 Å². The molecule has 0 bridgehead atoms. The van der Waals surface area contributed by atoms with Gasteiger partial charge in [-0.05, 0) is 6.42 Å². The van der Waals surface area contributed by atoms with Gasteiger partial charge < -0.3 is 10.1 Å². The third-order valence-electron chi connectivity index (χ3n) is 1.97. The molecule has 3 nitrogen and oxygen atoms in total. The first kappa shape index (κ1) is 14.4. The summed E-state index contributed by atoms with van der Waals surface area (Å²) in [5, 5.41) is 5.04.